The molecule has 1 amide bonds. The molecule has 1 aromatic heterocycles. The average molecular weight is 238 g/mol. The average Bonchev–Trinajstić information content (AvgIpc) is 2.81. The zero-order chi connectivity index (χ0) is 11.2. The van der Waals surface area contributed by atoms with Crippen LogP contribution in [0.4, 0.5) is 0 Å². The maximum absolute atomic E-state index is 11.6. The van der Waals surface area contributed by atoms with Gasteiger partial charge in [0.2, 0.25) is 5.91 Å². The summed E-state index contributed by atoms with van der Waals surface area (Å²) < 4.78 is 0. The lowest BCUT2D eigenvalue weighted by atomic mass is 10.1. The molecule has 16 heavy (non-hydrogen) atoms. The van der Waals surface area contributed by atoms with Gasteiger partial charge >= 0.3 is 0 Å². The molecule has 1 aliphatic heterocycles. The predicted octanol–water partition coefficient (Wildman–Crippen LogP) is 1.55. The SMILES string of the molecule is O=C(Cc1cccs1)NCC1CCCCN1. The van der Waals surface area contributed by atoms with Crippen LogP contribution in [0.5, 0.6) is 0 Å². The van der Waals surface area contributed by atoms with Gasteiger partial charge in [-0.3, -0.25) is 4.79 Å². The van der Waals surface area contributed by atoms with Crippen LogP contribution in [0.25, 0.3) is 0 Å². The summed E-state index contributed by atoms with van der Waals surface area (Å²) in [6, 6.07) is 4.46. The third-order valence-corrected chi connectivity index (χ3v) is 3.75. The number of nitrogens with one attached hydrogen (secondary N) is 2. The van der Waals surface area contributed by atoms with E-state index in [0.717, 1.165) is 18.0 Å². The number of piperidine rings is 1. The molecule has 1 aromatic rings. The van der Waals surface area contributed by atoms with E-state index in [-0.39, 0.29) is 5.91 Å². The number of rotatable bonds is 4. The predicted molar refractivity (Wildman–Crippen MR) is 66.7 cm³/mol. The van der Waals surface area contributed by atoms with E-state index in [2.05, 4.69) is 10.6 Å². The van der Waals surface area contributed by atoms with Gasteiger partial charge in [0.1, 0.15) is 0 Å². The minimum Gasteiger partial charge on any atom is -0.354 e. The maximum Gasteiger partial charge on any atom is 0.225 e. The monoisotopic (exact) mass is 238 g/mol. The van der Waals surface area contributed by atoms with Crippen molar-refractivity contribution < 1.29 is 4.79 Å². The smallest absolute Gasteiger partial charge is 0.225 e. The normalized spacial score (nSPS) is 20.6. The van der Waals surface area contributed by atoms with E-state index >= 15 is 0 Å². The molecule has 4 heteroatoms. The highest BCUT2D eigenvalue weighted by Crippen LogP contribution is 2.09. The first kappa shape index (κ1) is 11.6. The molecule has 1 fully saturated rings. The molecule has 88 valence electrons. The zero-order valence-electron chi connectivity index (χ0n) is 9.37. The fourth-order valence-corrected chi connectivity index (χ4v) is 2.67. The first-order valence-corrected chi connectivity index (χ1v) is 6.75. The highest BCUT2D eigenvalue weighted by Gasteiger charge is 2.13. The topological polar surface area (TPSA) is 41.1 Å². The second kappa shape index (κ2) is 6.01. The molecule has 0 bridgehead atoms. The summed E-state index contributed by atoms with van der Waals surface area (Å²) in [4.78, 5) is 12.8. The standard InChI is InChI=1S/C12H18N2OS/c15-12(8-11-5-3-7-16-11)14-9-10-4-1-2-6-13-10/h3,5,7,10,13H,1-2,4,6,8-9H2,(H,14,15). The lowest BCUT2D eigenvalue weighted by Gasteiger charge is -2.23. The molecular weight excluding hydrogens is 220 g/mol. The minimum absolute atomic E-state index is 0.134. The molecule has 0 radical (unpaired) electrons. The van der Waals surface area contributed by atoms with Gasteiger partial charge < -0.3 is 10.6 Å². The largest absolute Gasteiger partial charge is 0.354 e. The van der Waals surface area contributed by atoms with E-state index in [1.54, 1.807) is 11.3 Å². The number of carbonyl (C=O) groups excluding carboxylic acids is 1. The molecule has 1 atom stereocenters. The Bertz CT molecular complexity index is 318. The lowest BCUT2D eigenvalue weighted by molar-refractivity contribution is -0.120. The Morgan fingerprint density at radius 1 is 1.56 bits per heavy atom. The zero-order valence-corrected chi connectivity index (χ0v) is 10.2. The summed E-state index contributed by atoms with van der Waals surface area (Å²) in [7, 11) is 0. The van der Waals surface area contributed by atoms with Crippen LogP contribution in [0.1, 0.15) is 24.1 Å². The molecule has 2 N–H and O–H groups in total. The Kier molecular flexibility index (Phi) is 4.36. The van der Waals surface area contributed by atoms with Gasteiger partial charge in [-0.25, -0.2) is 0 Å². The highest BCUT2D eigenvalue weighted by molar-refractivity contribution is 7.10. The van der Waals surface area contributed by atoms with Crippen LogP contribution >= 0.6 is 11.3 Å². The van der Waals surface area contributed by atoms with Gasteiger partial charge in [0.05, 0.1) is 6.42 Å². The van der Waals surface area contributed by atoms with Crippen LogP contribution in [-0.2, 0) is 11.2 Å². The van der Waals surface area contributed by atoms with Crippen molar-refractivity contribution in [1.29, 1.82) is 0 Å². The summed E-state index contributed by atoms with van der Waals surface area (Å²) in [5.74, 6) is 0.134. The van der Waals surface area contributed by atoms with Crippen LogP contribution < -0.4 is 10.6 Å². The van der Waals surface area contributed by atoms with E-state index in [0.29, 0.717) is 12.5 Å². The van der Waals surface area contributed by atoms with Gasteiger partial charge in [-0.1, -0.05) is 12.5 Å². The number of carbonyl (C=O) groups is 1. The summed E-state index contributed by atoms with van der Waals surface area (Å²) in [6.45, 7) is 1.86. The third-order valence-electron chi connectivity index (χ3n) is 2.87. The molecule has 2 rings (SSSR count). The van der Waals surface area contributed by atoms with Crippen molar-refractivity contribution in [3.05, 3.63) is 22.4 Å². The molecule has 0 saturated carbocycles. The summed E-state index contributed by atoms with van der Waals surface area (Å²) in [6.07, 6.45) is 4.24. The summed E-state index contributed by atoms with van der Waals surface area (Å²) in [5, 5.41) is 8.42. The third kappa shape index (κ3) is 3.61. The molecular formula is C12H18N2OS. The van der Waals surface area contributed by atoms with Gasteiger partial charge in [-0.15, -0.1) is 11.3 Å². The van der Waals surface area contributed by atoms with E-state index < -0.39 is 0 Å². The van der Waals surface area contributed by atoms with Gasteiger partial charge in [0.25, 0.3) is 0 Å². The van der Waals surface area contributed by atoms with Crippen LogP contribution in [0.3, 0.4) is 0 Å². The van der Waals surface area contributed by atoms with Crippen molar-refractivity contribution in [2.24, 2.45) is 0 Å². The summed E-state index contributed by atoms with van der Waals surface area (Å²) in [5.41, 5.74) is 0. The molecule has 0 aliphatic carbocycles. The fourth-order valence-electron chi connectivity index (χ4n) is 1.97. The molecule has 0 spiro atoms. The number of thiophene rings is 1. The number of hydrogen-bond acceptors (Lipinski definition) is 3. The van der Waals surface area contributed by atoms with E-state index in [4.69, 9.17) is 0 Å². The van der Waals surface area contributed by atoms with Gasteiger partial charge in [-0.05, 0) is 30.8 Å². The first-order chi connectivity index (χ1) is 7.84. The Hall–Kier alpha value is -0.870. The van der Waals surface area contributed by atoms with Crippen molar-refractivity contribution >= 4 is 17.2 Å². The van der Waals surface area contributed by atoms with Crippen molar-refractivity contribution in [3.63, 3.8) is 0 Å². The quantitative estimate of drug-likeness (QED) is 0.835. The van der Waals surface area contributed by atoms with Gasteiger partial charge in [0.15, 0.2) is 0 Å². The Morgan fingerprint density at radius 2 is 2.50 bits per heavy atom. The molecule has 0 aromatic carbocycles. The second-order valence-electron chi connectivity index (χ2n) is 4.21. The number of hydrogen-bond donors (Lipinski definition) is 2. The van der Waals surface area contributed by atoms with Gasteiger partial charge in [0, 0.05) is 17.5 Å². The fraction of sp³-hybridized carbons (Fsp3) is 0.583. The van der Waals surface area contributed by atoms with Gasteiger partial charge in [-0.2, -0.15) is 0 Å². The summed E-state index contributed by atoms with van der Waals surface area (Å²) >= 11 is 1.64. The molecule has 1 unspecified atom stereocenters. The van der Waals surface area contributed by atoms with E-state index in [9.17, 15) is 4.79 Å². The van der Waals surface area contributed by atoms with Crippen molar-refractivity contribution in [2.75, 3.05) is 13.1 Å². The Morgan fingerprint density at radius 3 is 3.19 bits per heavy atom. The Balaban J connectivity index is 1.67. The second-order valence-corrected chi connectivity index (χ2v) is 5.24. The minimum atomic E-state index is 0.134. The lowest BCUT2D eigenvalue weighted by Crippen LogP contribution is -2.43. The molecule has 1 aliphatic rings. The van der Waals surface area contributed by atoms with Crippen molar-refractivity contribution in [1.82, 2.24) is 10.6 Å². The van der Waals surface area contributed by atoms with Crippen molar-refractivity contribution in [2.45, 2.75) is 31.7 Å². The molecule has 2 heterocycles. The highest BCUT2D eigenvalue weighted by atomic mass is 32.1. The van der Waals surface area contributed by atoms with Crippen LogP contribution in [0.15, 0.2) is 17.5 Å². The first-order valence-electron chi connectivity index (χ1n) is 5.87. The van der Waals surface area contributed by atoms with Crippen LogP contribution in [0, 0.1) is 0 Å². The van der Waals surface area contributed by atoms with E-state index in [1.165, 1.54) is 19.3 Å². The Labute approximate surface area is 100 Å². The van der Waals surface area contributed by atoms with Crippen molar-refractivity contribution in [3.8, 4) is 0 Å². The maximum atomic E-state index is 11.6. The van der Waals surface area contributed by atoms with Crippen LogP contribution in [0.2, 0.25) is 0 Å². The molecule has 3 nitrogen and oxygen atoms in total. The van der Waals surface area contributed by atoms with Crippen LogP contribution in [-0.4, -0.2) is 25.0 Å². The van der Waals surface area contributed by atoms with E-state index in [1.807, 2.05) is 17.5 Å². The number of amides is 1. The molecule has 1 saturated heterocycles.